The molecular weight excluding hydrogens is 498 g/mol. The number of hydrogen-bond donors (Lipinski definition) is 3. The first-order valence-corrected chi connectivity index (χ1v) is 12.7. The van der Waals surface area contributed by atoms with Gasteiger partial charge >= 0.3 is 0 Å². The van der Waals surface area contributed by atoms with Gasteiger partial charge < -0.3 is 25.1 Å². The summed E-state index contributed by atoms with van der Waals surface area (Å²) in [5.41, 5.74) is 9.06. The van der Waals surface area contributed by atoms with Crippen molar-refractivity contribution < 1.29 is 19.4 Å². The molecule has 4 N–H and O–H groups in total. The average molecular weight is 520 g/mol. The van der Waals surface area contributed by atoms with Crippen LogP contribution in [0.1, 0.15) is 22.6 Å². The highest BCUT2D eigenvalue weighted by atomic mass is 32.2. The van der Waals surface area contributed by atoms with E-state index in [1.807, 2.05) is 23.8 Å². The summed E-state index contributed by atoms with van der Waals surface area (Å²) in [6, 6.07) is 12.9. The van der Waals surface area contributed by atoms with Crippen molar-refractivity contribution in [2.45, 2.75) is 23.8 Å². The Morgan fingerprint density at radius 1 is 1.14 bits per heavy atom. The van der Waals surface area contributed by atoms with Gasteiger partial charge in [0.1, 0.15) is 52.8 Å². The normalized spacial score (nSPS) is 11.6. The molecule has 0 saturated heterocycles. The van der Waals surface area contributed by atoms with E-state index in [9.17, 15) is 15.6 Å². The summed E-state index contributed by atoms with van der Waals surface area (Å²) in [5.74, 6) is 2.09. The van der Waals surface area contributed by atoms with Crippen LogP contribution in [0.3, 0.4) is 0 Å². The van der Waals surface area contributed by atoms with E-state index in [0.29, 0.717) is 39.3 Å². The summed E-state index contributed by atoms with van der Waals surface area (Å²) in [5, 5.41) is 42.5. The number of thioether (sulfide) groups is 1. The van der Waals surface area contributed by atoms with Gasteiger partial charge in [0, 0.05) is 22.3 Å². The van der Waals surface area contributed by atoms with E-state index < -0.39 is 12.7 Å². The van der Waals surface area contributed by atoms with Crippen LogP contribution in [-0.2, 0) is 5.75 Å². The maximum atomic E-state index is 10.0. The third-order valence-corrected chi connectivity index (χ3v) is 6.89. The molecule has 0 amide bonds. The Kier molecular flexibility index (Phi) is 7.88. The predicted molar refractivity (Wildman–Crippen MR) is 136 cm³/mol. The van der Waals surface area contributed by atoms with Crippen LogP contribution in [0.2, 0.25) is 0 Å². The fourth-order valence-corrected chi connectivity index (χ4v) is 4.99. The van der Waals surface area contributed by atoms with Crippen LogP contribution >= 0.6 is 23.1 Å². The van der Waals surface area contributed by atoms with E-state index in [1.165, 1.54) is 11.8 Å². The SMILES string of the molecule is Cc1oc(-c2ccsc2)nc1CSc1nc(N)c(C#N)c(-c2ccc(OC[C@@H](O)CO)cc2)c1C#N. The van der Waals surface area contributed by atoms with Gasteiger partial charge in [-0.15, -0.1) is 0 Å². The fourth-order valence-electron chi connectivity index (χ4n) is 3.36. The summed E-state index contributed by atoms with van der Waals surface area (Å²) >= 11 is 2.84. The molecule has 0 spiro atoms. The molecule has 36 heavy (non-hydrogen) atoms. The third kappa shape index (κ3) is 5.35. The topological polar surface area (TPSA) is 162 Å². The number of hydrogen-bond acceptors (Lipinski definition) is 11. The molecule has 1 aromatic carbocycles. The van der Waals surface area contributed by atoms with Crippen LogP contribution in [-0.4, -0.2) is 39.5 Å². The average Bonchev–Trinajstić information content (AvgIpc) is 3.55. The molecule has 3 heterocycles. The largest absolute Gasteiger partial charge is 0.491 e. The van der Waals surface area contributed by atoms with Crippen LogP contribution in [0.15, 0.2) is 50.5 Å². The maximum Gasteiger partial charge on any atom is 0.227 e. The van der Waals surface area contributed by atoms with Gasteiger partial charge in [-0.2, -0.15) is 21.9 Å². The Labute approximate surface area is 215 Å². The molecule has 182 valence electrons. The van der Waals surface area contributed by atoms with E-state index in [2.05, 4.69) is 22.1 Å². The molecule has 0 aliphatic carbocycles. The number of aryl methyl sites for hydroxylation is 1. The Bertz CT molecular complexity index is 1440. The van der Waals surface area contributed by atoms with Crippen molar-refractivity contribution in [1.82, 2.24) is 9.97 Å². The van der Waals surface area contributed by atoms with Gasteiger partial charge in [0.15, 0.2) is 0 Å². The molecule has 4 rings (SSSR count). The highest BCUT2D eigenvalue weighted by molar-refractivity contribution is 7.98. The van der Waals surface area contributed by atoms with Gasteiger partial charge in [-0.25, -0.2) is 9.97 Å². The fraction of sp³-hybridized carbons (Fsp3) is 0.200. The van der Waals surface area contributed by atoms with Crippen molar-refractivity contribution >= 4 is 28.9 Å². The molecule has 0 saturated carbocycles. The number of nitrogens with two attached hydrogens (primary N) is 1. The van der Waals surface area contributed by atoms with Crippen molar-refractivity contribution in [2.24, 2.45) is 0 Å². The Morgan fingerprint density at radius 3 is 2.53 bits per heavy atom. The van der Waals surface area contributed by atoms with E-state index in [-0.39, 0.29) is 23.6 Å². The Hall–Kier alpha value is -3.87. The molecule has 0 bridgehead atoms. The summed E-state index contributed by atoms with van der Waals surface area (Å²) < 4.78 is 11.2. The lowest BCUT2D eigenvalue weighted by Crippen LogP contribution is -2.21. The number of rotatable bonds is 9. The molecule has 0 fully saturated rings. The molecule has 0 radical (unpaired) electrons. The van der Waals surface area contributed by atoms with Crippen molar-refractivity contribution in [2.75, 3.05) is 18.9 Å². The molecule has 3 aromatic heterocycles. The molecule has 1 atom stereocenters. The molecule has 4 aromatic rings. The van der Waals surface area contributed by atoms with Crippen molar-refractivity contribution in [3.63, 3.8) is 0 Å². The number of nitrogen functional groups attached to an aromatic ring is 1. The smallest absolute Gasteiger partial charge is 0.227 e. The first-order chi connectivity index (χ1) is 17.4. The lowest BCUT2D eigenvalue weighted by atomic mass is 9.97. The van der Waals surface area contributed by atoms with Crippen LogP contribution in [0.5, 0.6) is 5.75 Å². The molecule has 0 aliphatic heterocycles. The first-order valence-electron chi connectivity index (χ1n) is 10.7. The lowest BCUT2D eigenvalue weighted by molar-refractivity contribution is 0.0536. The minimum Gasteiger partial charge on any atom is -0.491 e. The van der Waals surface area contributed by atoms with E-state index in [0.717, 1.165) is 11.3 Å². The summed E-state index contributed by atoms with van der Waals surface area (Å²) in [4.78, 5) is 8.92. The number of aromatic nitrogens is 2. The lowest BCUT2D eigenvalue weighted by Gasteiger charge is -2.14. The Morgan fingerprint density at radius 2 is 1.89 bits per heavy atom. The quantitative estimate of drug-likeness (QED) is 0.274. The summed E-state index contributed by atoms with van der Waals surface area (Å²) in [7, 11) is 0. The first kappa shape index (κ1) is 25.2. The zero-order chi connectivity index (χ0) is 25.7. The number of ether oxygens (including phenoxy) is 1. The highest BCUT2D eigenvalue weighted by Gasteiger charge is 2.22. The zero-order valence-corrected chi connectivity index (χ0v) is 20.8. The maximum absolute atomic E-state index is 10.0. The summed E-state index contributed by atoms with van der Waals surface area (Å²) in [6.45, 7) is 1.36. The second kappa shape index (κ2) is 11.2. The van der Waals surface area contributed by atoms with Gasteiger partial charge in [-0.05, 0) is 36.1 Å². The van der Waals surface area contributed by atoms with Gasteiger partial charge in [-0.3, -0.25) is 0 Å². The van der Waals surface area contributed by atoms with Gasteiger partial charge in [0.2, 0.25) is 5.89 Å². The van der Waals surface area contributed by atoms with Crippen LogP contribution in [0.25, 0.3) is 22.6 Å². The molecule has 0 aliphatic rings. The second-order valence-electron chi connectivity index (χ2n) is 7.65. The minimum atomic E-state index is -0.991. The van der Waals surface area contributed by atoms with Crippen LogP contribution < -0.4 is 10.5 Å². The van der Waals surface area contributed by atoms with E-state index >= 15 is 0 Å². The third-order valence-electron chi connectivity index (χ3n) is 5.22. The number of oxazole rings is 1. The second-order valence-corrected chi connectivity index (χ2v) is 9.39. The van der Waals surface area contributed by atoms with Crippen LogP contribution in [0, 0.1) is 29.6 Å². The standard InChI is InChI=1S/C25H21N5O4S2/c1-14-21(29-24(34-14)16-6-7-35-12-16)13-36-25-20(9-27)22(19(8-26)23(28)30-25)15-2-4-18(5-3-15)33-11-17(32)10-31/h2-7,12,17,31-32H,10-11,13H2,1H3,(H2,28,30)/t17-/m0/s1. The number of nitriles is 2. The molecule has 0 unspecified atom stereocenters. The number of thiophene rings is 1. The number of benzene rings is 1. The van der Waals surface area contributed by atoms with Gasteiger partial charge in [0.25, 0.3) is 0 Å². The van der Waals surface area contributed by atoms with Crippen LogP contribution in [0.4, 0.5) is 5.82 Å². The number of pyridine rings is 1. The number of anilines is 1. The van der Waals surface area contributed by atoms with Gasteiger partial charge in [-0.1, -0.05) is 23.9 Å². The van der Waals surface area contributed by atoms with Crippen molar-refractivity contribution in [3.05, 3.63) is 63.7 Å². The van der Waals surface area contributed by atoms with E-state index in [1.54, 1.807) is 35.6 Å². The minimum absolute atomic E-state index is 0.0243. The molecular formula is C25H21N5O4S2. The molecule has 9 nitrogen and oxygen atoms in total. The number of nitrogens with zero attached hydrogens (tertiary/aromatic N) is 4. The number of aliphatic hydroxyl groups is 2. The summed E-state index contributed by atoms with van der Waals surface area (Å²) in [6.07, 6.45) is -0.991. The van der Waals surface area contributed by atoms with Crippen molar-refractivity contribution in [1.29, 1.82) is 10.5 Å². The monoisotopic (exact) mass is 519 g/mol. The van der Waals surface area contributed by atoms with Crippen molar-refractivity contribution in [3.8, 4) is 40.5 Å². The highest BCUT2D eigenvalue weighted by Crippen LogP contribution is 2.37. The predicted octanol–water partition coefficient (Wildman–Crippen LogP) is 4.12. The zero-order valence-electron chi connectivity index (χ0n) is 19.1. The molecule has 11 heteroatoms. The number of aliphatic hydroxyl groups excluding tert-OH is 2. The van der Waals surface area contributed by atoms with E-state index in [4.69, 9.17) is 20.0 Å². The van der Waals surface area contributed by atoms with Gasteiger partial charge in [0.05, 0.1) is 17.9 Å². The Balaban J connectivity index is 1.64.